The lowest BCUT2D eigenvalue weighted by atomic mass is 10.0. The van der Waals surface area contributed by atoms with Gasteiger partial charge in [0.1, 0.15) is 11.6 Å². The topological polar surface area (TPSA) is 12.9 Å². The molecular formula is C13H10BrF2N. The van der Waals surface area contributed by atoms with Crippen LogP contribution in [0, 0.1) is 11.6 Å². The third-order valence-electron chi connectivity index (χ3n) is 2.48. The van der Waals surface area contributed by atoms with Gasteiger partial charge in [0.15, 0.2) is 0 Å². The summed E-state index contributed by atoms with van der Waals surface area (Å²) in [4.78, 5) is 3.51. The van der Waals surface area contributed by atoms with Crippen molar-refractivity contribution in [2.24, 2.45) is 0 Å². The molecule has 2 rings (SSSR count). The highest BCUT2D eigenvalue weighted by atomic mass is 79.9. The summed E-state index contributed by atoms with van der Waals surface area (Å²) in [7, 11) is 0. The lowest BCUT2D eigenvalue weighted by Crippen LogP contribution is -2.02. The fraction of sp³-hybridized carbons (Fsp3) is 0.154. The lowest BCUT2D eigenvalue weighted by molar-refractivity contribution is 0.553. The van der Waals surface area contributed by atoms with Crippen molar-refractivity contribution in [3.8, 4) is 0 Å². The van der Waals surface area contributed by atoms with E-state index in [0.29, 0.717) is 6.42 Å². The SMILES string of the molecule is Fc1cccc(F)c1C(Br)Cc1ccncc1. The maximum absolute atomic E-state index is 13.5. The molecule has 0 amide bonds. The van der Waals surface area contributed by atoms with Gasteiger partial charge in [-0.15, -0.1) is 0 Å². The van der Waals surface area contributed by atoms with E-state index in [9.17, 15) is 8.78 Å². The molecule has 1 aromatic carbocycles. The number of pyridine rings is 1. The summed E-state index contributed by atoms with van der Waals surface area (Å²) in [6.45, 7) is 0. The van der Waals surface area contributed by atoms with Crippen LogP contribution in [-0.2, 0) is 6.42 Å². The molecule has 0 saturated heterocycles. The fourth-order valence-corrected chi connectivity index (χ4v) is 2.45. The molecule has 0 spiro atoms. The molecule has 17 heavy (non-hydrogen) atoms. The second-order valence-corrected chi connectivity index (χ2v) is 4.77. The predicted molar refractivity (Wildman–Crippen MR) is 66.0 cm³/mol. The summed E-state index contributed by atoms with van der Waals surface area (Å²) >= 11 is 3.32. The third kappa shape index (κ3) is 2.88. The molecule has 1 unspecified atom stereocenters. The maximum atomic E-state index is 13.5. The molecule has 0 aliphatic carbocycles. The Labute approximate surface area is 107 Å². The van der Waals surface area contributed by atoms with E-state index in [-0.39, 0.29) is 10.4 Å². The van der Waals surface area contributed by atoms with Crippen LogP contribution in [-0.4, -0.2) is 4.98 Å². The van der Waals surface area contributed by atoms with Gasteiger partial charge in [-0.2, -0.15) is 0 Å². The molecule has 0 N–H and O–H groups in total. The van der Waals surface area contributed by atoms with Crippen LogP contribution in [0.25, 0.3) is 0 Å². The number of rotatable bonds is 3. The van der Waals surface area contributed by atoms with Crippen LogP contribution in [0.1, 0.15) is 16.0 Å². The minimum Gasteiger partial charge on any atom is -0.265 e. The van der Waals surface area contributed by atoms with Gasteiger partial charge >= 0.3 is 0 Å². The van der Waals surface area contributed by atoms with Crippen LogP contribution in [0.2, 0.25) is 0 Å². The molecule has 1 atom stereocenters. The number of hydrogen-bond donors (Lipinski definition) is 0. The summed E-state index contributed by atoms with van der Waals surface area (Å²) in [6, 6.07) is 7.54. The lowest BCUT2D eigenvalue weighted by Gasteiger charge is -2.12. The summed E-state index contributed by atoms with van der Waals surface area (Å²) in [5.74, 6) is -1.05. The molecule has 88 valence electrons. The first-order valence-corrected chi connectivity index (χ1v) is 6.07. The second-order valence-electron chi connectivity index (χ2n) is 3.66. The van der Waals surface area contributed by atoms with E-state index >= 15 is 0 Å². The van der Waals surface area contributed by atoms with Gasteiger partial charge in [0.25, 0.3) is 0 Å². The Morgan fingerprint density at radius 2 is 1.65 bits per heavy atom. The van der Waals surface area contributed by atoms with Crippen LogP contribution >= 0.6 is 15.9 Å². The van der Waals surface area contributed by atoms with E-state index in [2.05, 4.69) is 20.9 Å². The van der Waals surface area contributed by atoms with Crippen molar-refractivity contribution in [3.63, 3.8) is 0 Å². The number of aromatic nitrogens is 1. The van der Waals surface area contributed by atoms with E-state index < -0.39 is 11.6 Å². The van der Waals surface area contributed by atoms with Gasteiger partial charge in [0.2, 0.25) is 0 Å². The highest BCUT2D eigenvalue weighted by Crippen LogP contribution is 2.30. The zero-order valence-corrected chi connectivity index (χ0v) is 10.5. The molecule has 4 heteroatoms. The van der Waals surface area contributed by atoms with Crippen molar-refractivity contribution < 1.29 is 8.78 Å². The van der Waals surface area contributed by atoms with E-state index in [1.165, 1.54) is 18.2 Å². The Balaban J connectivity index is 2.23. The van der Waals surface area contributed by atoms with Gasteiger partial charge in [0, 0.05) is 22.8 Å². The first-order chi connectivity index (χ1) is 8.18. The van der Waals surface area contributed by atoms with Crippen LogP contribution in [0.5, 0.6) is 0 Å². The van der Waals surface area contributed by atoms with E-state index in [1.54, 1.807) is 12.4 Å². The first kappa shape index (κ1) is 12.2. The largest absolute Gasteiger partial charge is 0.265 e. The summed E-state index contributed by atoms with van der Waals surface area (Å²) in [5.41, 5.74) is 1.05. The van der Waals surface area contributed by atoms with Gasteiger partial charge in [0.05, 0.1) is 0 Å². The molecule has 1 aromatic heterocycles. The highest BCUT2D eigenvalue weighted by Gasteiger charge is 2.17. The van der Waals surface area contributed by atoms with Gasteiger partial charge < -0.3 is 0 Å². The zero-order valence-electron chi connectivity index (χ0n) is 8.91. The molecule has 1 heterocycles. The van der Waals surface area contributed by atoms with Crippen LogP contribution < -0.4 is 0 Å². The molecular weight excluding hydrogens is 288 g/mol. The second kappa shape index (κ2) is 5.36. The van der Waals surface area contributed by atoms with Gasteiger partial charge in [-0.25, -0.2) is 8.78 Å². The quantitative estimate of drug-likeness (QED) is 0.779. The molecule has 0 aliphatic heterocycles. The van der Waals surface area contributed by atoms with Crippen molar-refractivity contribution in [1.82, 2.24) is 4.98 Å². The minimum atomic E-state index is -0.527. The number of alkyl halides is 1. The Morgan fingerprint density at radius 3 is 2.24 bits per heavy atom. The van der Waals surface area contributed by atoms with Gasteiger partial charge in [-0.1, -0.05) is 22.0 Å². The zero-order chi connectivity index (χ0) is 12.3. The minimum absolute atomic E-state index is 0.0734. The maximum Gasteiger partial charge on any atom is 0.130 e. The Hall–Kier alpha value is -1.29. The number of nitrogens with zero attached hydrogens (tertiary/aromatic N) is 1. The van der Waals surface area contributed by atoms with E-state index in [0.717, 1.165) is 5.56 Å². The Bertz CT molecular complexity index is 482. The smallest absolute Gasteiger partial charge is 0.130 e. The van der Waals surface area contributed by atoms with Crippen molar-refractivity contribution >= 4 is 15.9 Å². The van der Waals surface area contributed by atoms with Crippen molar-refractivity contribution in [1.29, 1.82) is 0 Å². The molecule has 0 saturated carbocycles. The highest BCUT2D eigenvalue weighted by molar-refractivity contribution is 9.09. The molecule has 2 aromatic rings. The molecule has 0 aliphatic rings. The average Bonchev–Trinajstić information content (AvgIpc) is 2.30. The van der Waals surface area contributed by atoms with Gasteiger partial charge in [-0.05, 0) is 36.2 Å². The Kier molecular flexibility index (Phi) is 3.84. The first-order valence-electron chi connectivity index (χ1n) is 5.15. The molecule has 0 fully saturated rings. The van der Waals surface area contributed by atoms with E-state index in [4.69, 9.17) is 0 Å². The van der Waals surface area contributed by atoms with Crippen LogP contribution in [0.15, 0.2) is 42.7 Å². The van der Waals surface area contributed by atoms with Gasteiger partial charge in [-0.3, -0.25) is 4.98 Å². The van der Waals surface area contributed by atoms with Crippen molar-refractivity contribution in [3.05, 3.63) is 65.5 Å². The number of benzene rings is 1. The standard InChI is InChI=1S/C13H10BrF2N/c14-10(8-9-4-6-17-7-5-9)13-11(15)2-1-3-12(13)16/h1-7,10H,8H2. The summed E-state index contributed by atoms with van der Waals surface area (Å²) in [5, 5.41) is 0. The van der Waals surface area contributed by atoms with E-state index in [1.807, 2.05) is 12.1 Å². The Morgan fingerprint density at radius 1 is 1.06 bits per heavy atom. The number of hydrogen-bond acceptors (Lipinski definition) is 1. The van der Waals surface area contributed by atoms with Crippen LogP contribution in [0.4, 0.5) is 8.78 Å². The average molecular weight is 298 g/mol. The van der Waals surface area contributed by atoms with Crippen LogP contribution in [0.3, 0.4) is 0 Å². The molecule has 1 nitrogen and oxygen atoms in total. The summed E-state index contributed by atoms with van der Waals surface area (Å²) < 4.78 is 27.0. The monoisotopic (exact) mass is 297 g/mol. The molecule has 0 radical (unpaired) electrons. The third-order valence-corrected chi connectivity index (χ3v) is 3.26. The molecule has 0 bridgehead atoms. The van der Waals surface area contributed by atoms with Crippen molar-refractivity contribution in [2.75, 3.05) is 0 Å². The summed E-state index contributed by atoms with van der Waals surface area (Å²) in [6.07, 6.45) is 3.83. The normalized spacial score (nSPS) is 12.4. The number of halogens is 3. The van der Waals surface area contributed by atoms with Crippen molar-refractivity contribution in [2.45, 2.75) is 11.2 Å². The predicted octanol–water partition coefficient (Wildman–Crippen LogP) is 4.04. The fourth-order valence-electron chi connectivity index (χ4n) is 1.64.